The van der Waals surface area contributed by atoms with Crippen molar-refractivity contribution in [3.8, 4) is 0 Å². The topological polar surface area (TPSA) is 66.0 Å². The number of aromatic nitrogens is 2. The molecule has 2 aromatic heterocycles. The largest absolute Gasteiger partial charge is 0.387 e. The van der Waals surface area contributed by atoms with Crippen molar-refractivity contribution in [3.63, 3.8) is 0 Å². The van der Waals surface area contributed by atoms with Crippen LogP contribution in [0.2, 0.25) is 0 Å². The normalized spacial score (nSPS) is 12.7. The number of fused-ring (bicyclic) bond motifs is 1. The molecular formula is C15H13FN2O2S. The number of aliphatic hydroxyl groups excluding tert-OH is 1. The number of carbonyl (C=O) groups excluding carboxylic acids is 1. The zero-order valence-electron chi connectivity index (χ0n) is 11.3. The number of hydrogen-bond acceptors (Lipinski definition) is 4. The van der Waals surface area contributed by atoms with Crippen molar-refractivity contribution in [3.05, 3.63) is 51.9 Å². The third-order valence-corrected chi connectivity index (χ3v) is 4.21. The van der Waals surface area contributed by atoms with Crippen molar-refractivity contribution in [2.45, 2.75) is 19.4 Å². The Kier molecular flexibility index (Phi) is 3.57. The third-order valence-electron chi connectivity index (χ3n) is 3.35. The number of benzene rings is 1. The Morgan fingerprint density at radius 1 is 1.52 bits per heavy atom. The first-order valence-corrected chi connectivity index (χ1v) is 7.43. The molecule has 0 saturated carbocycles. The summed E-state index contributed by atoms with van der Waals surface area (Å²) >= 11 is 1.18. The number of rotatable bonds is 4. The molecule has 2 N–H and O–H groups in total. The van der Waals surface area contributed by atoms with Crippen LogP contribution in [0.5, 0.6) is 0 Å². The predicted molar refractivity (Wildman–Crippen MR) is 79.1 cm³/mol. The minimum Gasteiger partial charge on any atom is -0.387 e. The van der Waals surface area contributed by atoms with E-state index < -0.39 is 11.9 Å². The molecule has 0 saturated heterocycles. The minimum atomic E-state index is -0.664. The van der Waals surface area contributed by atoms with Gasteiger partial charge in [0.05, 0.1) is 22.9 Å². The maximum absolute atomic E-state index is 13.6. The monoisotopic (exact) mass is 304 g/mol. The standard InChI is InChI=1S/C15H13FN2O2S/c1-2-12(19)11-7-21-15(18-11)14(20)9-6-17-13-8(9)4-3-5-10(13)16/h3-7,12,17,19H,2H2,1H3/t12-/m0/s1. The van der Waals surface area contributed by atoms with E-state index in [0.717, 1.165) is 0 Å². The molecular weight excluding hydrogens is 291 g/mol. The second kappa shape index (κ2) is 5.38. The van der Waals surface area contributed by atoms with Crippen LogP contribution in [0, 0.1) is 5.82 Å². The lowest BCUT2D eigenvalue weighted by Crippen LogP contribution is -2.02. The van der Waals surface area contributed by atoms with Gasteiger partial charge in [-0.2, -0.15) is 0 Å². The maximum Gasteiger partial charge on any atom is 0.223 e. The van der Waals surface area contributed by atoms with E-state index in [9.17, 15) is 14.3 Å². The van der Waals surface area contributed by atoms with E-state index in [1.807, 2.05) is 6.92 Å². The molecule has 4 nitrogen and oxygen atoms in total. The van der Waals surface area contributed by atoms with Crippen LogP contribution in [-0.2, 0) is 0 Å². The highest BCUT2D eigenvalue weighted by Crippen LogP contribution is 2.26. The molecule has 1 atom stereocenters. The van der Waals surface area contributed by atoms with E-state index in [4.69, 9.17) is 0 Å². The highest BCUT2D eigenvalue weighted by Gasteiger charge is 2.20. The number of nitrogens with one attached hydrogen (secondary N) is 1. The highest BCUT2D eigenvalue weighted by molar-refractivity contribution is 7.12. The Morgan fingerprint density at radius 3 is 3.10 bits per heavy atom. The molecule has 0 radical (unpaired) electrons. The summed E-state index contributed by atoms with van der Waals surface area (Å²) in [6.45, 7) is 1.84. The first-order chi connectivity index (χ1) is 10.1. The first kappa shape index (κ1) is 13.9. The summed E-state index contributed by atoms with van der Waals surface area (Å²) in [5, 5.41) is 12.2. The summed E-state index contributed by atoms with van der Waals surface area (Å²) in [4.78, 5) is 19.4. The summed E-state index contributed by atoms with van der Waals surface area (Å²) < 4.78 is 13.6. The molecule has 1 aromatic carbocycles. The van der Waals surface area contributed by atoms with Crippen LogP contribution in [0.4, 0.5) is 4.39 Å². The van der Waals surface area contributed by atoms with E-state index in [2.05, 4.69) is 9.97 Å². The van der Waals surface area contributed by atoms with Gasteiger partial charge in [-0.3, -0.25) is 4.79 Å². The number of aromatic amines is 1. The van der Waals surface area contributed by atoms with Crippen molar-refractivity contribution in [2.75, 3.05) is 0 Å². The predicted octanol–water partition coefficient (Wildman–Crippen LogP) is 3.44. The Bertz CT molecular complexity index is 809. The number of hydrogen-bond donors (Lipinski definition) is 2. The molecule has 0 unspecified atom stereocenters. The molecule has 0 aliphatic carbocycles. The van der Waals surface area contributed by atoms with Crippen LogP contribution in [-0.4, -0.2) is 20.9 Å². The van der Waals surface area contributed by atoms with Gasteiger partial charge in [-0.1, -0.05) is 19.1 Å². The van der Waals surface area contributed by atoms with E-state index in [-0.39, 0.29) is 5.78 Å². The van der Waals surface area contributed by atoms with Crippen molar-refractivity contribution in [1.82, 2.24) is 9.97 Å². The van der Waals surface area contributed by atoms with Gasteiger partial charge in [0, 0.05) is 17.0 Å². The van der Waals surface area contributed by atoms with Gasteiger partial charge in [0.1, 0.15) is 5.82 Å². The number of ketones is 1. The molecule has 0 fully saturated rings. The molecule has 0 aliphatic heterocycles. The number of carbonyl (C=O) groups is 1. The second-order valence-corrected chi connectivity index (χ2v) is 5.55. The summed E-state index contributed by atoms with van der Waals surface area (Å²) in [6, 6.07) is 4.60. The molecule has 3 aromatic rings. The van der Waals surface area contributed by atoms with Gasteiger partial charge in [0.15, 0.2) is 5.01 Å². The smallest absolute Gasteiger partial charge is 0.223 e. The van der Waals surface area contributed by atoms with Gasteiger partial charge in [-0.15, -0.1) is 11.3 Å². The summed E-state index contributed by atoms with van der Waals surface area (Å²) in [5.41, 5.74) is 1.19. The van der Waals surface area contributed by atoms with Crippen LogP contribution in [0.3, 0.4) is 0 Å². The molecule has 0 amide bonds. The SMILES string of the molecule is CC[C@H](O)c1csc(C(=O)c2c[nH]c3c(F)cccc23)n1. The molecule has 2 heterocycles. The lowest BCUT2D eigenvalue weighted by molar-refractivity contribution is 0.103. The van der Waals surface area contributed by atoms with Crippen LogP contribution < -0.4 is 0 Å². The molecule has 108 valence electrons. The number of thiazole rings is 1. The van der Waals surface area contributed by atoms with Gasteiger partial charge < -0.3 is 10.1 Å². The van der Waals surface area contributed by atoms with Gasteiger partial charge in [0.25, 0.3) is 0 Å². The van der Waals surface area contributed by atoms with Crippen molar-refractivity contribution in [1.29, 1.82) is 0 Å². The average Bonchev–Trinajstić information content (AvgIpc) is 3.13. The van der Waals surface area contributed by atoms with Crippen molar-refractivity contribution < 1.29 is 14.3 Å². The highest BCUT2D eigenvalue weighted by atomic mass is 32.1. The Balaban J connectivity index is 2.01. The van der Waals surface area contributed by atoms with Crippen LogP contribution in [0.1, 0.15) is 40.5 Å². The zero-order valence-corrected chi connectivity index (χ0v) is 12.1. The molecule has 3 rings (SSSR count). The first-order valence-electron chi connectivity index (χ1n) is 6.55. The van der Waals surface area contributed by atoms with Gasteiger partial charge in [0.2, 0.25) is 5.78 Å². The minimum absolute atomic E-state index is 0.272. The van der Waals surface area contributed by atoms with Crippen molar-refractivity contribution >= 4 is 28.0 Å². The Hall–Kier alpha value is -2.05. The van der Waals surface area contributed by atoms with E-state index in [1.165, 1.54) is 23.6 Å². The number of halogens is 1. The van der Waals surface area contributed by atoms with Crippen LogP contribution in [0.25, 0.3) is 10.9 Å². The number of aliphatic hydroxyl groups is 1. The Labute approximate surface area is 124 Å². The molecule has 0 bridgehead atoms. The van der Waals surface area contributed by atoms with E-state index in [1.54, 1.807) is 17.5 Å². The fraction of sp³-hybridized carbons (Fsp3) is 0.200. The van der Waals surface area contributed by atoms with E-state index >= 15 is 0 Å². The maximum atomic E-state index is 13.6. The molecule has 0 aliphatic rings. The quantitative estimate of drug-likeness (QED) is 0.726. The second-order valence-electron chi connectivity index (χ2n) is 4.70. The lowest BCUT2D eigenvalue weighted by Gasteiger charge is -2.01. The van der Waals surface area contributed by atoms with Gasteiger partial charge >= 0.3 is 0 Å². The fourth-order valence-electron chi connectivity index (χ4n) is 2.17. The summed E-state index contributed by atoms with van der Waals surface area (Å²) in [7, 11) is 0. The molecule has 21 heavy (non-hydrogen) atoms. The van der Waals surface area contributed by atoms with Crippen LogP contribution in [0.15, 0.2) is 29.8 Å². The Morgan fingerprint density at radius 2 is 2.33 bits per heavy atom. The van der Waals surface area contributed by atoms with Crippen molar-refractivity contribution in [2.24, 2.45) is 0 Å². The fourth-order valence-corrected chi connectivity index (χ4v) is 2.99. The molecule has 6 heteroatoms. The van der Waals surface area contributed by atoms with Gasteiger partial charge in [-0.25, -0.2) is 9.37 Å². The zero-order chi connectivity index (χ0) is 15.0. The number of para-hydroxylation sites is 1. The summed E-state index contributed by atoms with van der Waals surface area (Å²) in [6.07, 6.45) is 1.37. The van der Waals surface area contributed by atoms with E-state index in [0.29, 0.717) is 33.6 Å². The lowest BCUT2D eigenvalue weighted by atomic mass is 10.1. The number of nitrogens with zero attached hydrogens (tertiary/aromatic N) is 1. The number of H-pyrrole nitrogens is 1. The average molecular weight is 304 g/mol. The van der Waals surface area contributed by atoms with Crippen LogP contribution >= 0.6 is 11.3 Å². The summed E-state index contributed by atoms with van der Waals surface area (Å²) in [5.74, 6) is -0.667. The third kappa shape index (κ3) is 2.36. The van der Waals surface area contributed by atoms with Gasteiger partial charge in [-0.05, 0) is 12.5 Å². The molecule has 0 spiro atoms.